The molecule has 2 atom stereocenters. The molecule has 2 nitrogen and oxygen atoms in total. The molecule has 0 radical (unpaired) electrons. The van der Waals surface area contributed by atoms with Gasteiger partial charge in [-0.15, -0.1) is 0 Å². The van der Waals surface area contributed by atoms with Gasteiger partial charge in [-0.3, -0.25) is 4.21 Å². The molecule has 0 aliphatic heterocycles. The van der Waals surface area contributed by atoms with Crippen LogP contribution in [0.15, 0.2) is 23.1 Å². The van der Waals surface area contributed by atoms with Crippen LogP contribution >= 0.6 is 0 Å². The van der Waals surface area contributed by atoms with Gasteiger partial charge in [0.2, 0.25) is 0 Å². The van der Waals surface area contributed by atoms with E-state index in [9.17, 15) is 8.60 Å². The van der Waals surface area contributed by atoms with Gasteiger partial charge in [0.05, 0.1) is 15.7 Å². The van der Waals surface area contributed by atoms with E-state index in [0.717, 1.165) is 6.42 Å². The summed E-state index contributed by atoms with van der Waals surface area (Å²) in [6, 6.07) is 4.29. The van der Waals surface area contributed by atoms with E-state index in [1.54, 1.807) is 6.07 Å². The summed E-state index contributed by atoms with van der Waals surface area (Å²) in [5.74, 6) is 0.358. The van der Waals surface area contributed by atoms with Crippen molar-refractivity contribution in [1.29, 1.82) is 0 Å². The Morgan fingerprint density at radius 1 is 1.53 bits per heavy atom. The minimum absolute atomic E-state index is 0.254. The molecule has 1 rings (SSSR count). The first kappa shape index (κ1) is 12.2. The van der Waals surface area contributed by atoms with Crippen LogP contribution in [0.3, 0.4) is 0 Å². The summed E-state index contributed by atoms with van der Waals surface area (Å²) in [7, 11) is -1.26. The van der Waals surface area contributed by atoms with E-state index in [4.69, 9.17) is 5.73 Å². The molecule has 15 heavy (non-hydrogen) atoms. The van der Waals surface area contributed by atoms with E-state index in [0.29, 0.717) is 17.4 Å². The summed E-state index contributed by atoms with van der Waals surface area (Å²) in [6.07, 6.45) is 0.947. The molecule has 0 aliphatic rings. The molecular formula is C11H16FNOS. The van der Waals surface area contributed by atoms with E-state index in [2.05, 4.69) is 0 Å². The third kappa shape index (κ3) is 3.30. The van der Waals surface area contributed by atoms with Crippen LogP contribution in [0.4, 0.5) is 10.1 Å². The van der Waals surface area contributed by atoms with Gasteiger partial charge < -0.3 is 5.73 Å². The first-order valence-electron chi connectivity index (χ1n) is 4.98. The van der Waals surface area contributed by atoms with Crippen LogP contribution in [0.1, 0.15) is 20.3 Å². The summed E-state index contributed by atoms with van der Waals surface area (Å²) in [4.78, 5) is 0.254. The normalized spacial score (nSPS) is 14.9. The zero-order chi connectivity index (χ0) is 11.4. The van der Waals surface area contributed by atoms with Crippen molar-refractivity contribution in [2.75, 3.05) is 11.5 Å². The van der Waals surface area contributed by atoms with Gasteiger partial charge in [-0.2, -0.15) is 0 Å². The highest BCUT2D eigenvalue weighted by Crippen LogP contribution is 2.18. The average molecular weight is 229 g/mol. The molecule has 0 aliphatic carbocycles. The number of nitrogen functional groups attached to an aromatic ring is 1. The Kier molecular flexibility index (Phi) is 4.27. The highest BCUT2D eigenvalue weighted by atomic mass is 32.2. The predicted octanol–water partition coefficient (Wildman–Crippen LogP) is 2.56. The van der Waals surface area contributed by atoms with E-state index >= 15 is 0 Å². The maximum absolute atomic E-state index is 13.4. The summed E-state index contributed by atoms with van der Waals surface area (Å²) in [5, 5.41) is 0. The summed E-state index contributed by atoms with van der Waals surface area (Å²) < 4.78 is 25.2. The third-order valence-corrected chi connectivity index (χ3v) is 4.03. The molecule has 0 fully saturated rings. The first-order valence-corrected chi connectivity index (χ1v) is 6.30. The summed E-state index contributed by atoms with van der Waals surface area (Å²) >= 11 is 0. The molecule has 0 saturated carbocycles. The molecule has 2 unspecified atom stereocenters. The summed E-state index contributed by atoms with van der Waals surface area (Å²) in [5.41, 5.74) is 5.77. The molecule has 0 saturated heterocycles. The largest absolute Gasteiger partial charge is 0.399 e. The van der Waals surface area contributed by atoms with Gasteiger partial charge in [0.1, 0.15) is 5.82 Å². The van der Waals surface area contributed by atoms with Gasteiger partial charge in [0.25, 0.3) is 0 Å². The third-order valence-electron chi connectivity index (χ3n) is 2.33. The van der Waals surface area contributed by atoms with Crippen LogP contribution in [-0.4, -0.2) is 9.96 Å². The van der Waals surface area contributed by atoms with Crippen LogP contribution in [0.5, 0.6) is 0 Å². The summed E-state index contributed by atoms with van der Waals surface area (Å²) in [6.45, 7) is 4.04. The average Bonchev–Trinajstić information content (AvgIpc) is 2.17. The Balaban J connectivity index is 2.82. The zero-order valence-corrected chi connectivity index (χ0v) is 9.81. The molecule has 84 valence electrons. The predicted molar refractivity (Wildman–Crippen MR) is 61.5 cm³/mol. The number of halogens is 1. The zero-order valence-electron chi connectivity index (χ0n) is 9.00. The number of anilines is 1. The fraction of sp³-hybridized carbons (Fsp3) is 0.455. The smallest absolute Gasteiger partial charge is 0.141 e. The lowest BCUT2D eigenvalue weighted by atomic mass is 10.2. The van der Waals surface area contributed by atoms with Crippen LogP contribution < -0.4 is 5.73 Å². The lowest BCUT2D eigenvalue weighted by Crippen LogP contribution is -2.08. The number of benzene rings is 1. The van der Waals surface area contributed by atoms with Crippen molar-refractivity contribution in [2.45, 2.75) is 25.2 Å². The van der Waals surface area contributed by atoms with E-state index in [1.165, 1.54) is 12.1 Å². The monoisotopic (exact) mass is 229 g/mol. The standard InChI is InChI=1S/C11H16FNOS/c1-3-8(2)7-15(14)11-5-4-9(13)6-10(11)12/h4-6,8H,3,7,13H2,1-2H3. The molecule has 4 heteroatoms. The van der Waals surface area contributed by atoms with E-state index < -0.39 is 16.6 Å². The van der Waals surface area contributed by atoms with Crippen molar-refractivity contribution in [1.82, 2.24) is 0 Å². The SMILES string of the molecule is CCC(C)CS(=O)c1ccc(N)cc1F. The Labute approximate surface area is 92.1 Å². The van der Waals surface area contributed by atoms with Crippen LogP contribution in [0, 0.1) is 11.7 Å². The number of nitrogens with two attached hydrogens (primary N) is 1. The Hall–Kier alpha value is -0.900. The van der Waals surface area contributed by atoms with Gasteiger partial charge >= 0.3 is 0 Å². The van der Waals surface area contributed by atoms with Gasteiger partial charge in [-0.1, -0.05) is 20.3 Å². The molecule has 1 aromatic rings. The lowest BCUT2D eigenvalue weighted by molar-refractivity contribution is 0.587. The van der Waals surface area contributed by atoms with Crippen molar-refractivity contribution in [3.05, 3.63) is 24.0 Å². The van der Waals surface area contributed by atoms with Crippen molar-refractivity contribution in [3.8, 4) is 0 Å². The molecular weight excluding hydrogens is 213 g/mol. The number of hydrogen-bond acceptors (Lipinski definition) is 2. The molecule has 1 aromatic carbocycles. The quantitative estimate of drug-likeness (QED) is 0.806. The maximum atomic E-state index is 13.4. The topological polar surface area (TPSA) is 43.1 Å². The van der Waals surface area contributed by atoms with Crippen molar-refractivity contribution >= 4 is 16.5 Å². The first-order chi connectivity index (χ1) is 7.04. The second-order valence-electron chi connectivity index (χ2n) is 3.72. The van der Waals surface area contributed by atoms with Gasteiger partial charge in [-0.25, -0.2) is 4.39 Å². The lowest BCUT2D eigenvalue weighted by Gasteiger charge is -2.08. The molecule has 0 bridgehead atoms. The van der Waals surface area contributed by atoms with Crippen molar-refractivity contribution < 1.29 is 8.60 Å². The molecule has 0 aromatic heterocycles. The van der Waals surface area contributed by atoms with E-state index in [1.807, 2.05) is 13.8 Å². The Morgan fingerprint density at radius 3 is 2.73 bits per heavy atom. The highest BCUT2D eigenvalue weighted by Gasteiger charge is 2.12. The minimum atomic E-state index is -1.26. The van der Waals surface area contributed by atoms with Crippen LogP contribution in [-0.2, 0) is 10.8 Å². The molecule has 0 heterocycles. The Bertz CT molecular complexity index is 368. The van der Waals surface area contributed by atoms with Gasteiger partial charge in [0, 0.05) is 11.4 Å². The fourth-order valence-electron chi connectivity index (χ4n) is 1.17. The molecule has 0 amide bonds. The highest BCUT2D eigenvalue weighted by molar-refractivity contribution is 7.85. The second-order valence-corrected chi connectivity index (χ2v) is 5.18. The molecule has 0 spiro atoms. The van der Waals surface area contributed by atoms with Gasteiger partial charge in [0.15, 0.2) is 0 Å². The minimum Gasteiger partial charge on any atom is -0.399 e. The molecule has 2 N–H and O–H groups in total. The maximum Gasteiger partial charge on any atom is 0.141 e. The number of hydrogen-bond donors (Lipinski definition) is 1. The van der Waals surface area contributed by atoms with Crippen molar-refractivity contribution in [2.24, 2.45) is 5.92 Å². The van der Waals surface area contributed by atoms with Crippen molar-refractivity contribution in [3.63, 3.8) is 0 Å². The Morgan fingerprint density at radius 2 is 2.20 bits per heavy atom. The number of rotatable bonds is 4. The second kappa shape index (κ2) is 5.26. The fourth-order valence-corrected chi connectivity index (χ4v) is 2.60. The van der Waals surface area contributed by atoms with Crippen LogP contribution in [0.2, 0.25) is 0 Å². The van der Waals surface area contributed by atoms with E-state index in [-0.39, 0.29) is 4.90 Å². The van der Waals surface area contributed by atoms with Gasteiger partial charge in [-0.05, 0) is 24.1 Å². The van der Waals surface area contributed by atoms with Crippen LogP contribution in [0.25, 0.3) is 0 Å².